The molecule has 2 fully saturated rings. The Morgan fingerprint density at radius 3 is 2.81 bits per heavy atom. The minimum absolute atomic E-state index is 0.0407. The van der Waals surface area contributed by atoms with Crippen LogP contribution in [0.5, 0.6) is 0 Å². The first kappa shape index (κ1) is 27.0. The Bertz CT molecular complexity index is 1260. The third-order valence-electron chi connectivity index (χ3n) is 5.64. The maximum absolute atomic E-state index is 16.4. The van der Waals surface area contributed by atoms with Crippen molar-refractivity contribution in [1.29, 1.82) is 0 Å². The molecule has 11 nitrogen and oxygen atoms in total. The highest BCUT2D eigenvalue weighted by Gasteiger charge is 2.63. The number of fused-ring (bicyclic) bond motifs is 2. The van der Waals surface area contributed by atoms with Crippen LogP contribution in [0.3, 0.4) is 0 Å². The first-order chi connectivity index (χ1) is 16.8. The second kappa shape index (κ2) is 9.67. The molecule has 1 unspecified atom stereocenters. The summed E-state index contributed by atoms with van der Waals surface area (Å²) in [6.45, 7) is 6.75. The van der Waals surface area contributed by atoms with Gasteiger partial charge in [0.2, 0.25) is 5.67 Å². The molecule has 2 aliphatic heterocycles. The molecule has 4 heterocycles. The lowest BCUT2D eigenvalue weighted by Crippen LogP contribution is -2.46. The van der Waals surface area contributed by atoms with Crippen molar-refractivity contribution >= 4 is 41.7 Å². The van der Waals surface area contributed by atoms with Crippen LogP contribution in [0.25, 0.3) is 11.2 Å². The number of thioether (sulfide) groups is 1. The number of aryl methyl sites for hydroxylation is 1. The minimum Gasteiger partial charge on any atom is -0.361 e. The van der Waals surface area contributed by atoms with E-state index in [1.165, 1.54) is 10.9 Å². The Kier molecular flexibility index (Phi) is 7.24. The van der Waals surface area contributed by atoms with Crippen molar-refractivity contribution in [3.8, 4) is 12.3 Å². The number of alkyl halides is 1. The van der Waals surface area contributed by atoms with Crippen LogP contribution >= 0.6 is 19.6 Å². The topological polar surface area (TPSA) is 118 Å². The van der Waals surface area contributed by atoms with Gasteiger partial charge < -0.3 is 9.64 Å². The fourth-order valence-electron chi connectivity index (χ4n) is 3.83. The molecule has 196 valence electrons. The molecule has 36 heavy (non-hydrogen) atoms. The average molecular weight is 542 g/mol. The van der Waals surface area contributed by atoms with Crippen molar-refractivity contribution in [3.05, 3.63) is 12.2 Å². The number of halogens is 1. The third kappa shape index (κ3) is 4.90. The van der Waals surface area contributed by atoms with Crippen LogP contribution in [0.15, 0.2) is 6.33 Å². The highest BCUT2D eigenvalue weighted by Crippen LogP contribution is 2.59. The number of carbonyl (C=O) groups is 1. The lowest BCUT2D eigenvalue weighted by molar-refractivity contribution is -0.117. The zero-order chi connectivity index (χ0) is 26.5. The Morgan fingerprint density at radius 2 is 2.17 bits per heavy atom. The molecular weight excluding hydrogens is 512 g/mol. The second-order valence-electron chi connectivity index (χ2n) is 9.74. The van der Waals surface area contributed by atoms with Crippen molar-refractivity contribution < 1.29 is 32.1 Å². The Balaban J connectivity index is 1.54. The summed E-state index contributed by atoms with van der Waals surface area (Å²) >= 11 is 1.05. The number of phosphoric ester groups is 1. The third-order valence-corrected chi connectivity index (χ3v) is 8.34. The molecule has 0 bridgehead atoms. The molecule has 0 spiro atoms. The van der Waals surface area contributed by atoms with Gasteiger partial charge in [0, 0.05) is 25.3 Å². The van der Waals surface area contributed by atoms with Gasteiger partial charge in [-0.25, -0.2) is 23.9 Å². The highest BCUT2D eigenvalue weighted by atomic mass is 32.2. The molecule has 5 atom stereocenters. The number of rotatable bonds is 6. The molecule has 2 aromatic heterocycles. The lowest BCUT2D eigenvalue weighted by Gasteiger charge is -2.33. The van der Waals surface area contributed by atoms with Crippen molar-refractivity contribution in [2.24, 2.45) is 5.41 Å². The van der Waals surface area contributed by atoms with E-state index in [0.29, 0.717) is 22.8 Å². The summed E-state index contributed by atoms with van der Waals surface area (Å²) < 4.78 is 52.9. The summed E-state index contributed by atoms with van der Waals surface area (Å²) in [4.78, 5) is 27.0. The van der Waals surface area contributed by atoms with E-state index in [1.54, 1.807) is 32.6 Å². The van der Waals surface area contributed by atoms with Gasteiger partial charge in [0.05, 0.1) is 19.5 Å². The minimum atomic E-state index is -4.15. The molecule has 2 aromatic rings. The van der Waals surface area contributed by atoms with E-state index in [0.717, 1.165) is 11.8 Å². The van der Waals surface area contributed by atoms with E-state index in [4.69, 9.17) is 24.7 Å². The maximum Gasteiger partial charge on any atom is 0.475 e. The zero-order valence-corrected chi connectivity index (χ0v) is 22.6. The van der Waals surface area contributed by atoms with Gasteiger partial charge in [-0.15, -0.1) is 6.42 Å². The summed E-state index contributed by atoms with van der Waals surface area (Å²) in [5.74, 6) is 3.36. The van der Waals surface area contributed by atoms with Crippen LogP contribution in [-0.2, 0) is 27.7 Å². The van der Waals surface area contributed by atoms with Gasteiger partial charge in [0.25, 0.3) is 0 Å². The van der Waals surface area contributed by atoms with E-state index in [-0.39, 0.29) is 24.1 Å². The molecule has 0 radical (unpaired) electrons. The first-order valence-electron chi connectivity index (χ1n) is 11.2. The Labute approximate surface area is 213 Å². The maximum atomic E-state index is 16.4. The first-order valence-corrected chi connectivity index (χ1v) is 13.7. The smallest absolute Gasteiger partial charge is 0.361 e. The van der Waals surface area contributed by atoms with Gasteiger partial charge in [-0.05, 0) is 6.92 Å². The van der Waals surface area contributed by atoms with Gasteiger partial charge in [-0.1, -0.05) is 38.5 Å². The molecule has 2 aliphatic rings. The number of anilines is 1. The molecule has 4 rings (SSSR count). The van der Waals surface area contributed by atoms with Gasteiger partial charge in [0.1, 0.15) is 18.0 Å². The average Bonchev–Trinajstić information content (AvgIpc) is 3.34. The number of imidazole rings is 1. The largest absolute Gasteiger partial charge is 0.475 e. The van der Waals surface area contributed by atoms with Gasteiger partial charge in [-0.3, -0.25) is 22.9 Å². The number of carbonyl (C=O) groups excluding carboxylic acids is 1. The number of ether oxygens (including phenoxy) is 1. The fourth-order valence-corrected chi connectivity index (χ4v) is 6.15. The predicted octanol–water partition coefficient (Wildman–Crippen LogP) is 3.29. The van der Waals surface area contributed by atoms with Gasteiger partial charge in [-0.2, -0.15) is 0 Å². The van der Waals surface area contributed by atoms with E-state index >= 15 is 4.39 Å². The molecule has 0 aromatic carbocycles. The molecule has 0 aliphatic carbocycles. The molecule has 14 heteroatoms. The van der Waals surface area contributed by atoms with Crippen LogP contribution in [0.2, 0.25) is 0 Å². The monoisotopic (exact) mass is 541 g/mol. The van der Waals surface area contributed by atoms with E-state index in [9.17, 15) is 9.36 Å². The van der Waals surface area contributed by atoms with Gasteiger partial charge >= 0.3 is 7.82 Å². The van der Waals surface area contributed by atoms with Crippen LogP contribution in [0.4, 0.5) is 10.2 Å². The Hall–Kier alpha value is -2.07. The predicted molar refractivity (Wildman–Crippen MR) is 132 cm³/mol. The SMILES string of the molecule is C#C[C@@]1(F)[C@@H]2OP(=O)(OCCSC(=O)C(C)(C)C)OC[C@H]2O[C@H]1n1cnc2c(N(C)C)nc(C)nc21. The summed E-state index contributed by atoms with van der Waals surface area (Å²) in [6.07, 6.45) is 3.26. The lowest BCUT2D eigenvalue weighted by atomic mass is 9.97. The second-order valence-corrected chi connectivity index (χ2v) is 12.4. The summed E-state index contributed by atoms with van der Waals surface area (Å²) in [5, 5.41) is -0.0407. The quantitative estimate of drug-likeness (QED) is 0.305. The van der Waals surface area contributed by atoms with Crippen molar-refractivity contribution in [3.63, 3.8) is 0 Å². The van der Waals surface area contributed by atoms with Crippen LogP contribution in [-0.4, -0.2) is 75.6 Å². The normalized spacial score (nSPS) is 30.2. The number of terminal acetylenes is 1. The van der Waals surface area contributed by atoms with Crippen LogP contribution in [0, 0.1) is 24.7 Å². The van der Waals surface area contributed by atoms with Gasteiger partial charge in [0.15, 0.2) is 28.3 Å². The zero-order valence-electron chi connectivity index (χ0n) is 20.9. The van der Waals surface area contributed by atoms with E-state index in [2.05, 4.69) is 20.9 Å². The number of hydrogen-bond donors (Lipinski definition) is 0. The van der Waals surface area contributed by atoms with E-state index in [1.807, 2.05) is 14.1 Å². The van der Waals surface area contributed by atoms with Crippen molar-refractivity contribution in [2.75, 3.05) is 38.0 Å². The fraction of sp³-hybridized carbons (Fsp3) is 0.636. The molecule has 0 amide bonds. The number of nitrogens with zero attached hydrogens (tertiary/aromatic N) is 5. The molecular formula is C22H29FN5O6PS. The number of phosphoric acid groups is 1. The summed E-state index contributed by atoms with van der Waals surface area (Å²) in [7, 11) is -0.540. The highest BCUT2D eigenvalue weighted by molar-refractivity contribution is 8.13. The van der Waals surface area contributed by atoms with Crippen LogP contribution in [0.1, 0.15) is 32.8 Å². The molecule has 0 N–H and O–H groups in total. The number of aromatic nitrogens is 4. The Morgan fingerprint density at radius 1 is 1.44 bits per heavy atom. The van der Waals surface area contributed by atoms with Crippen molar-refractivity contribution in [2.45, 2.75) is 51.8 Å². The van der Waals surface area contributed by atoms with E-state index < -0.39 is 37.3 Å². The van der Waals surface area contributed by atoms with Crippen LogP contribution < -0.4 is 4.90 Å². The van der Waals surface area contributed by atoms with Crippen molar-refractivity contribution in [1.82, 2.24) is 19.5 Å². The summed E-state index contributed by atoms with van der Waals surface area (Å²) in [6, 6.07) is 0. The standard InChI is InChI=1S/C22H29FN5O6PS/c1-8-22(23)16-14(11-32-35(30,34-16)31-9-10-36-20(29)21(3,4)5)33-19(22)28-12-24-15-17(27(6)7)25-13(2)26-18(15)28/h1,12,14,16,19H,9-11H2,2-7H3/t14-,16-,19-,22-,35?/m1/s1. The molecule has 2 saturated heterocycles. The summed E-state index contributed by atoms with van der Waals surface area (Å²) in [5.41, 5.74) is -2.29. The number of hydrogen-bond acceptors (Lipinski definition) is 11. The molecule has 0 saturated carbocycles.